The lowest BCUT2D eigenvalue weighted by molar-refractivity contribution is -0.156. The SMILES string of the molecule is CC1CCC(C(C)C)C(OC(=O)CCCCN)C1. The van der Waals surface area contributed by atoms with E-state index < -0.39 is 0 Å². The summed E-state index contributed by atoms with van der Waals surface area (Å²) in [5.41, 5.74) is 5.43. The van der Waals surface area contributed by atoms with Crippen molar-refractivity contribution >= 4 is 5.97 Å². The second kappa shape index (κ2) is 7.78. The summed E-state index contributed by atoms with van der Waals surface area (Å²) in [6, 6.07) is 0. The number of carbonyl (C=O) groups is 1. The maximum Gasteiger partial charge on any atom is 0.306 e. The monoisotopic (exact) mass is 255 g/mol. The standard InChI is InChI=1S/C15H29NO2/c1-11(2)13-8-7-12(3)10-14(13)18-15(17)6-4-5-9-16/h11-14H,4-10,16H2,1-3H3. The highest BCUT2D eigenvalue weighted by atomic mass is 16.5. The van der Waals surface area contributed by atoms with E-state index in [2.05, 4.69) is 20.8 Å². The molecule has 0 bridgehead atoms. The summed E-state index contributed by atoms with van der Waals surface area (Å²) in [6.45, 7) is 7.37. The number of hydrogen-bond acceptors (Lipinski definition) is 3. The molecule has 1 saturated carbocycles. The molecule has 0 heterocycles. The molecule has 2 N–H and O–H groups in total. The second-order valence-corrected chi connectivity index (χ2v) is 6.10. The minimum atomic E-state index is -0.0341. The molecule has 0 saturated heterocycles. The van der Waals surface area contributed by atoms with Crippen LogP contribution in [0.4, 0.5) is 0 Å². The number of nitrogens with two attached hydrogens (primary N) is 1. The molecule has 0 aromatic heterocycles. The Morgan fingerprint density at radius 1 is 1.33 bits per heavy atom. The van der Waals surface area contributed by atoms with E-state index in [9.17, 15) is 4.79 Å². The quantitative estimate of drug-likeness (QED) is 0.586. The van der Waals surface area contributed by atoms with E-state index in [4.69, 9.17) is 10.5 Å². The van der Waals surface area contributed by atoms with Gasteiger partial charge in [0.05, 0.1) is 0 Å². The zero-order valence-electron chi connectivity index (χ0n) is 12.2. The van der Waals surface area contributed by atoms with Crippen LogP contribution in [0.3, 0.4) is 0 Å². The first-order valence-electron chi connectivity index (χ1n) is 7.44. The highest BCUT2D eigenvalue weighted by molar-refractivity contribution is 5.69. The predicted octanol–water partition coefficient (Wildman–Crippen LogP) is 3.12. The smallest absolute Gasteiger partial charge is 0.306 e. The summed E-state index contributed by atoms with van der Waals surface area (Å²) >= 11 is 0. The molecule has 0 aromatic carbocycles. The summed E-state index contributed by atoms with van der Waals surface area (Å²) in [5.74, 6) is 1.79. The first-order valence-corrected chi connectivity index (χ1v) is 7.44. The minimum absolute atomic E-state index is 0.0341. The van der Waals surface area contributed by atoms with Crippen LogP contribution in [0.1, 0.15) is 59.3 Å². The Kier molecular flexibility index (Phi) is 6.69. The van der Waals surface area contributed by atoms with Gasteiger partial charge in [-0.3, -0.25) is 4.79 Å². The Morgan fingerprint density at radius 3 is 2.67 bits per heavy atom. The molecule has 0 aromatic rings. The zero-order chi connectivity index (χ0) is 13.5. The molecule has 0 spiro atoms. The van der Waals surface area contributed by atoms with Gasteiger partial charge >= 0.3 is 5.97 Å². The van der Waals surface area contributed by atoms with Crippen LogP contribution in [0.2, 0.25) is 0 Å². The van der Waals surface area contributed by atoms with Crippen molar-refractivity contribution in [3.05, 3.63) is 0 Å². The van der Waals surface area contributed by atoms with Gasteiger partial charge in [-0.25, -0.2) is 0 Å². The molecule has 3 unspecified atom stereocenters. The Hall–Kier alpha value is -0.570. The third-order valence-corrected chi connectivity index (χ3v) is 4.08. The van der Waals surface area contributed by atoms with Gasteiger partial charge < -0.3 is 10.5 Å². The number of carbonyl (C=O) groups excluding carboxylic acids is 1. The van der Waals surface area contributed by atoms with Crippen molar-refractivity contribution in [2.24, 2.45) is 23.5 Å². The molecule has 1 rings (SSSR count). The van der Waals surface area contributed by atoms with E-state index in [0.717, 1.165) is 19.3 Å². The molecule has 3 heteroatoms. The topological polar surface area (TPSA) is 52.3 Å². The van der Waals surface area contributed by atoms with E-state index in [0.29, 0.717) is 30.7 Å². The number of unbranched alkanes of at least 4 members (excludes halogenated alkanes) is 1. The van der Waals surface area contributed by atoms with Crippen molar-refractivity contribution < 1.29 is 9.53 Å². The lowest BCUT2D eigenvalue weighted by atomic mass is 9.75. The first kappa shape index (κ1) is 15.5. The fourth-order valence-corrected chi connectivity index (χ4v) is 2.89. The molecule has 0 radical (unpaired) electrons. The third-order valence-electron chi connectivity index (χ3n) is 4.08. The normalized spacial score (nSPS) is 28.4. The maximum absolute atomic E-state index is 11.8. The van der Waals surface area contributed by atoms with Crippen LogP contribution >= 0.6 is 0 Å². The fraction of sp³-hybridized carbons (Fsp3) is 0.933. The van der Waals surface area contributed by atoms with E-state index in [-0.39, 0.29) is 12.1 Å². The van der Waals surface area contributed by atoms with Crippen molar-refractivity contribution in [3.63, 3.8) is 0 Å². The molecule has 106 valence electrons. The first-order chi connectivity index (χ1) is 8.54. The predicted molar refractivity (Wildman–Crippen MR) is 74.1 cm³/mol. The summed E-state index contributed by atoms with van der Waals surface area (Å²) in [5, 5.41) is 0. The van der Waals surface area contributed by atoms with Crippen LogP contribution in [0.15, 0.2) is 0 Å². The molecule has 0 aliphatic heterocycles. The van der Waals surface area contributed by atoms with Crippen molar-refractivity contribution in [3.8, 4) is 0 Å². The Labute approximate surface area is 111 Å². The van der Waals surface area contributed by atoms with Gasteiger partial charge in [-0.2, -0.15) is 0 Å². The van der Waals surface area contributed by atoms with Crippen LogP contribution in [0.25, 0.3) is 0 Å². The zero-order valence-corrected chi connectivity index (χ0v) is 12.2. The van der Waals surface area contributed by atoms with Crippen molar-refractivity contribution in [2.75, 3.05) is 6.54 Å². The van der Waals surface area contributed by atoms with Crippen LogP contribution in [0.5, 0.6) is 0 Å². The molecular formula is C15H29NO2. The second-order valence-electron chi connectivity index (χ2n) is 6.10. The molecule has 18 heavy (non-hydrogen) atoms. The third kappa shape index (κ3) is 4.97. The van der Waals surface area contributed by atoms with Gasteiger partial charge in [-0.05, 0) is 50.0 Å². The lowest BCUT2D eigenvalue weighted by Gasteiger charge is -2.36. The van der Waals surface area contributed by atoms with E-state index in [1.807, 2.05) is 0 Å². The van der Waals surface area contributed by atoms with Crippen molar-refractivity contribution in [1.82, 2.24) is 0 Å². The molecule has 3 nitrogen and oxygen atoms in total. The van der Waals surface area contributed by atoms with Crippen molar-refractivity contribution in [2.45, 2.75) is 65.4 Å². The van der Waals surface area contributed by atoms with Gasteiger partial charge in [-0.15, -0.1) is 0 Å². The molecule has 1 fully saturated rings. The Morgan fingerprint density at radius 2 is 2.06 bits per heavy atom. The average molecular weight is 255 g/mol. The lowest BCUT2D eigenvalue weighted by Crippen LogP contribution is -2.35. The maximum atomic E-state index is 11.8. The molecular weight excluding hydrogens is 226 g/mol. The average Bonchev–Trinajstić information content (AvgIpc) is 2.29. The number of rotatable bonds is 6. The number of esters is 1. The Balaban J connectivity index is 2.42. The molecule has 3 atom stereocenters. The minimum Gasteiger partial charge on any atom is -0.462 e. The number of hydrogen-bond donors (Lipinski definition) is 1. The van der Waals surface area contributed by atoms with Gasteiger partial charge in [-0.1, -0.05) is 27.2 Å². The highest BCUT2D eigenvalue weighted by Gasteiger charge is 2.33. The van der Waals surface area contributed by atoms with Gasteiger partial charge in [0.1, 0.15) is 6.10 Å². The van der Waals surface area contributed by atoms with E-state index in [1.165, 1.54) is 12.8 Å². The largest absolute Gasteiger partial charge is 0.462 e. The van der Waals surface area contributed by atoms with Gasteiger partial charge in [0.2, 0.25) is 0 Å². The molecule has 1 aliphatic rings. The van der Waals surface area contributed by atoms with Gasteiger partial charge in [0.15, 0.2) is 0 Å². The van der Waals surface area contributed by atoms with Gasteiger partial charge in [0, 0.05) is 6.42 Å². The summed E-state index contributed by atoms with van der Waals surface area (Å²) in [4.78, 5) is 11.8. The molecule has 0 amide bonds. The fourth-order valence-electron chi connectivity index (χ4n) is 2.89. The van der Waals surface area contributed by atoms with E-state index in [1.54, 1.807) is 0 Å². The van der Waals surface area contributed by atoms with Crippen LogP contribution in [0, 0.1) is 17.8 Å². The summed E-state index contributed by atoms with van der Waals surface area (Å²) < 4.78 is 5.70. The highest BCUT2D eigenvalue weighted by Crippen LogP contribution is 2.35. The van der Waals surface area contributed by atoms with Crippen molar-refractivity contribution in [1.29, 1.82) is 0 Å². The van der Waals surface area contributed by atoms with Crippen LogP contribution < -0.4 is 5.73 Å². The Bertz CT molecular complexity index is 253. The van der Waals surface area contributed by atoms with Crippen LogP contribution in [-0.4, -0.2) is 18.6 Å². The number of ether oxygens (including phenoxy) is 1. The van der Waals surface area contributed by atoms with Gasteiger partial charge in [0.25, 0.3) is 0 Å². The molecule has 1 aliphatic carbocycles. The summed E-state index contributed by atoms with van der Waals surface area (Å²) in [7, 11) is 0. The van der Waals surface area contributed by atoms with E-state index >= 15 is 0 Å². The summed E-state index contributed by atoms with van der Waals surface area (Å²) in [6.07, 6.45) is 5.91. The van der Waals surface area contributed by atoms with Crippen LogP contribution in [-0.2, 0) is 9.53 Å².